The third kappa shape index (κ3) is 3.17. The van der Waals surface area contributed by atoms with Gasteiger partial charge in [0.1, 0.15) is 5.82 Å². The molecule has 1 saturated heterocycles. The first-order chi connectivity index (χ1) is 8.15. The number of nitrogens with two attached hydrogens (primary N) is 1. The molecule has 17 heavy (non-hydrogen) atoms. The molecule has 1 aromatic heterocycles. The van der Waals surface area contributed by atoms with E-state index in [2.05, 4.69) is 10.3 Å². The number of hydrogen-bond donors (Lipinski definition) is 2. The van der Waals surface area contributed by atoms with Gasteiger partial charge in [-0.2, -0.15) is 0 Å². The number of nitrogens with zero attached hydrogens (tertiary/aromatic N) is 1. The van der Waals surface area contributed by atoms with E-state index >= 15 is 0 Å². The molecule has 1 fully saturated rings. The van der Waals surface area contributed by atoms with Gasteiger partial charge in [0.25, 0.3) is 5.91 Å². The van der Waals surface area contributed by atoms with Crippen LogP contribution >= 0.6 is 0 Å². The van der Waals surface area contributed by atoms with E-state index in [0.29, 0.717) is 18.0 Å². The number of rotatable bonds is 2. The molecule has 1 aromatic rings. The Morgan fingerprint density at radius 2 is 2.41 bits per heavy atom. The van der Waals surface area contributed by atoms with E-state index in [-0.39, 0.29) is 18.1 Å². The van der Waals surface area contributed by atoms with Crippen molar-refractivity contribution in [2.24, 2.45) is 0 Å². The van der Waals surface area contributed by atoms with Gasteiger partial charge in [0.2, 0.25) is 0 Å². The zero-order chi connectivity index (χ0) is 12.3. The summed E-state index contributed by atoms with van der Waals surface area (Å²) in [7, 11) is 0. The molecule has 2 atom stereocenters. The van der Waals surface area contributed by atoms with Gasteiger partial charge >= 0.3 is 0 Å². The highest BCUT2D eigenvalue weighted by molar-refractivity contribution is 5.94. The number of carbonyl (C=O) groups is 1. The van der Waals surface area contributed by atoms with Crippen LogP contribution in [-0.4, -0.2) is 29.6 Å². The van der Waals surface area contributed by atoms with Gasteiger partial charge in [0.05, 0.1) is 11.7 Å². The maximum Gasteiger partial charge on any atom is 0.253 e. The molecule has 2 unspecified atom stereocenters. The van der Waals surface area contributed by atoms with Crippen LogP contribution in [0.2, 0.25) is 0 Å². The first-order valence-electron chi connectivity index (χ1n) is 5.79. The fraction of sp³-hybridized carbons (Fsp3) is 0.500. The quantitative estimate of drug-likeness (QED) is 0.800. The first-order valence-corrected chi connectivity index (χ1v) is 5.79. The van der Waals surface area contributed by atoms with Crippen molar-refractivity contribution in [1.29, 1.82) is 0 Å². The molecule has 2 rings (SSSR count). The number of amides is 1. The maximum absolute atomic E-state index is 11.9. The largest absolute Gasteiger partial charge is 0.384 e. The second kappa shape index (κ2) is 5.14. The van der Waals surface area contributed by atoms with E-state index in [1.54, 1.807) is 12.1 Å². The number of hydrogen-bond acceptors (Lipinski definition) is 4. The molecule has 1 aliphatic rings. The number of pyridine rings is 1. The summed E-state index contributed by atoms with van der Waals surface area (Å²) in [6.07, 6.45) is 3.42. The molecular weight excluding hydrogens is 218 g/mol. The van der Waals surface area contributed by atoms with E-state index in [0.717, 1.165) is 12.8 Å². The Hall–Kier alpha value is -1.62. The predicted molar refractivity (Wildman–Crippen MR) is 64.6 cm³/mol. The summed E-state index contributed by atoms with van der Waals surface area (Å²) in [6.45, 7) is 2.72. The summed E-state index contributed by atoms with van der Waals surface area (Å²) < 4.78 is 5.43. The van der Waals surface area contributed by atoms with Crippen molar-refractivity contribution in [2.45, 2.75) is 31.9 Å². The molecule has 0 aromatic carbocycles. The lowest BCUT2D eigenvalue weighted by atomic mass is 10.0. The molecule has 0 bridgehead atoms. The molecule has 1 aliphatic heterocycles. The van der Waals surface area contributed by atoms with E-state index in [9.17, 15) is 4.79 Å². The molecule has 5 heteroatoms. The standard InChI is InChI=1S/C12H17N3O2/c1-8-6-10(4-5-17-8)15-12(16)9-2-3-11(13)14-7-9/h2-3,7-8,10H,4-6H2,1H3,(H2,13,14)(H,15,16). The molecular formula is C12H17N3O2. The van der Waals surface area contributed by atoms with Crippen LogP contribution in [0.5, 0.6) is 0 Å². The van der Waals surface area contributed by atoms with Gasteiger partial charge in [-0.3, -0.25) is 4.79 Å². The second-order valence-corrected chi connectivity index (χ2v) is 4.35. The third-order valence-electron chi connectivity index (χ3n) is 2.87. The average molecular weight is 235 g/mol. The van der Waals surface area contributed by atoms with Crippen LogP contribution in [-0.2, 0) is 4.74 Å². The minimum absolute atomic E-state index is 0.100. The predicted octanol–water partition coefficient (Wildman–Crippen LogP) is 0.961. The smallest absolute Gasteiger partial charge is 0.253 e. The van der Waals surface area contributed by atoms with Gasteiger partial charge in [-0.15, -0.1) is 0 Å². The Morgan fingerprint density at radius 3 is 3.06 bits per heavy atom. The highest BCUT2D eigenvalue weighted by atomic mass is 16.5. The SMILES string of the molecule is CC1CC(NC(=O)c2ccc(N)nc2)CCO1. The molecule has 2 heterocycles. The van der Waals surface area contributed by atoms with Gasteiger partial charge < -0.3 is 15.8 Å². The van der Waals surface area contributed by atoms with Crippen molar-refractivity contribution in [3.05, 3.63) is 23.9 Å². The van der Waals surface area contributed by atoms with Gasteiger partial charge in [-0.1, -0.05) is 0 Å². The zero-order valence-electron chi connectivity index (χ0n) is 9.85. The minimum Gasteiger partial charge on any atom is -0.384 e. The molecule has 3 N–H and O–H groups in total. The summed E-state index contributed by atoms with van der Waals surface area (Å²) in [6, 6.07) is 3.49. The molecule has 0 radical (unpaired) electrons. The Bertz CT molecular complexity index is 391. The minimum atomic E-state index is -0.100. The van der Waals surface area contributed by atoms with Crippen molar-refractivity contribution in [3.63, 3.8) is 0 Å². The van der Waals surface area contributed by atoms with Crippen molar-refractivity contribution < 1.29 is 9.53 Å². The number of nitrogen functional groups attached to an aromatic ring is 1. The lowest BCUT2D eigenvalue weighted by Gasteiger charge is -2.27. The van der Waals surface area contributed by atoms with E-state index in [1.807, 2.05) is 6.92 Å². The molecule has 5 nitrogen and oxygen atoms in total. The summed E-state index contributed by atoms with van der Waals surface area (Å²) in [5, 5.41) is 2.99. The normalized spacial score (nSPS) is 24.3. The van der Waals surface area contributed by atoms with Crippen LogP contribution in [0.15, 0.2) is 18.3 Å². The fourth-order valence-electron chi connectivity index (χ4n) is 1.94. The lowest BCUT2D eigenvalue weighted by Crippen LogP contribution is -2.41. The highest BCUT2D eigenvalue weighted by Crippen LogP contribution is 2.13. The van der Waals surface area contributed by atoms with Crippen LogP contribution in [0.3, 0.4) is 0 Å². The van der Waals surface area contributed by atoms with Crippen molar-refractivity contribution >= 4 is 11.7 Å². The van der Waals surface area contributed by atoms with Crippen LogP contribution < -0.4 is 11.1 Å². The topological polar surface area (TPSA) is 77.2 Å². The summed E-state index contributed by atoms with van der Waals surface area (Å²) in [5.74, 6) is 0.317. The fourth-order valence-corrected chi connectivity index (χ4v) is 1.94. The zero-order valence-corrected chi connectivity index (χ0v) is 9.85. The first kappa shape index (κ1) is 11.9. The lowest BCUT2D eigenvalue weighted by molar-refractivity contribution is 0.0136. The van der Waals surface area contributed by atoms with Crippen LogP contribution in [0.25, 0.3) is 0 Å². The molecule has 92 valence electrons. The number of ether oxygens (including phenoxy) is 1. The Labute approximate surface area is 100 Å². The number of anilines is 1. The van der Waals surface area contributed by atoms with Crippen molar-refractivity contribution in [1.82, 2.24) is 10.3 Å². The van der Waals surface area contributed by atoms with E-state index in [4.69, 9.17) is 10.5 Å². The van der Waals surface area contributed by atoms with Gasteiger partial charge in [0, 0.05) is 18.8 Å². The number of carbonyl (C=O) groups excluding carboxylic acids is 1. The Balaban J connectivity index is 1.94. The second-order valence-electron chi connectivity index (χ2n) is 4.35. The van der Waals surface area contributed by atoms with E-state index in [1.165, 1.54) is 6.20 Å². The number of nitrogens with one attached hydrogen (secondary N) is 1. The summed E-state index contributed by atoms with van der Waals surface area (Å²) in [5.41, 5.74) is 6.01. The Kier molecular flexibility index (Phi) is 3.58. The van der Waals surface area contributed by atoms with Gasteiger partial charge in [-0.05, 0) is 31.9 Å². The average Bonchev–Trinajstić information content (AvgIpc) is 2.29. The van der Waals surface area contributed by atoms with Crippen molar-refractivity contribution in [3.8, 4) is 0 Å². The van der Waals surface area contributed by atoms with Gasteiger partial charge in [0.15, 0.2) is 0 Å². The molecule has 0 spiro atoms. The molecule has 0 aliphatic carbocycles. The van der Waals surface area contributed by atoms with Crippen LogP contribution in [0, 0.1) is 0 Å². The summed E-state index contributed by atoms with van der Waals surface area (Å²) in [4.78, 5) is 15.8. The van der Waals surface area contributed by atoms with Crippen LogP contribution in [0.4, 0.5) is 5.82 Å². The molecule has 0 saturated carbocycles. The van der Waals surface area contributed by atoms with E-state index < -0.39 is 0 Å². The Morgan fingerprint density at radius 1 is 1.59 bits per heavy atom. The van der Waals surface area contributed by atoms with Crippen LogP contribution in [0.1, 0.15) is 30.1 Å². The molecule has 1 amide bonds. The number of aromatic nitrogens is 1. The third-order valence-corrected chi connectivity index (χ3v) is 2.87. The maximum atomic E-state index is 11.9. The van der Waals surface area contributed by atoms with Crippen molar-refractivity contribution in [2.75, 3.05) is 12.3 Å². The summed E-state index contributed by atoms with van der Waals surface area (Å²) >= 11 is 0. The highest BCUT2D eigenvalue weighted by Gasteiger charge is 2.21. The van der Waals surface area contributed by atoms with Gasteiger partial charge in [-0.25, -0.2) is 4.98 Å². The monoisotopic (exact) mass is 235 g/mol.